The van der Waals surface area contributed by atoms with E-state index in [1.807, 2.05) is 0 Å². The maximum atomic E-state index is 12.6. The molecule has 162 valence electrons. The van der Waals surface area contributed by atoms with E-state index in [2.05, 4.69) is 10.2 Å². The Balaban J connectivity index is 1.65. The van der Waals surface area contributed by atoms with E-state index >= 15 is 0 Å². The van der Waals surface area contributed by atoms with Crippen LogP contribution >= 0.6 is 0 Å². The van der Waals surface area contributed by atoms with Gasteiger partial charge in [0.25, 0.3) is 0 Å². The molecule has 0 spiro atoms. The van der Waals surface area contributed by atoms with Gasteiger partial charge < -0.3 is 5.32 Å². The number of sulfonamides is 1. The molecule has 0 bridgehead atoms. The Morgan fingerprint density at radius 2 is 1.57 bits per heavy atom. The number of carbonyl (C=O) groups excluding carboxylic acids is 1. The van der Waals surface area contributed by atoms with Crippen LogP contribution in [0.5, 0.6) is 0 Å². The predicted molar refractivity (Wildman–Crippen MR) is 99.2 cm³/mol. The number of carbonyl (C=O) groups is 1. The van der Waals surface area contributed by atoms with Crippen LogP contribution in [0.4, 0.5) is 13.2 Å². The molecule has 0 radical (unpaired) electrons. The lowest BCUT2D eigenvalue weighted by Crippen LogP contribution is -2.62. The summed E-state index contributed by atoms with van der Waals surface area (Å²) in [6, 6.07) is 0. The molecular formula is C18H30F3N3O3S. The van der Waals surface area contributed by atoms with Crippen LogP contribution in [-0.4, -0.2) is 73.7 Å². The van der Waals surface area contributed by atoms with Crippen molar-refractivity contribution in [3.63, 3.8) is 0 Å². The third-order valence-corrected chi connectivity index (χ3v) is 8.36. The summed E-state index contributed by atoms with van der Waals surface area (Å²) in [6.45, 7) is 1.67. The molecule has 3 fully saturated rings. The molecule has 2 aliphatic carbocycles. The van der Waals surface area contributed by atoms with E-state index in [4.69, 9.17) is 0 Å². The van der Waals surface area contributed by atoms with E-state index in [1.165, 1.54) is 4.31 Å². The standard InChI is InChI=1S/C18H30F3N3O3S/c19-18(20,21)16(25)22-14-17(7-3-1-2-4-8-17)23-9-11-24(12-10-23)28(26,27)13-15-5-6-15/h15H,1-14H2,(H,22,25). The van der Waals surface area contributed by atoms with Gasteiger partial charge >= 0.3 is 12.1 Å². The minimum Gasteiger partial charge on any atom is -0.346 e. The van der Waals surface area contributed by atoms with Crippen LogP contribution < -0.4 is 5.32 Å². The van der Waals surface area contributed by atoms with Crippen LogP contribution in [0.25, 0.3) is 0 Å². The Bertz CT molecular complexity index is 649. The smallest absolute Gasteiger partial charge is 0.346 e. The number of piperazine rings is 1. The second-order valence-corrected chi connectivity index (χ2v) is 10.4. The van der Waals surface area contributed by atoms with E-state index in [-0.39, 0.29) is 18.2 Å². The molecular weight excluding hydrogens is 395 g/mol. The highest BCUT2D eigenvalue weighted by Gasteiger charge is 2.44. The van der Waals surface area contributed by atoms with E-state index < -0.39 is 27.6 Å². The van der Waals surface area contributed by atoms with Crippen LogP contribution in [-0.2, 0) is 14.8 Å². The molecule has 0 aromatic rings. The zero-order chi connectivity index (χ0) is 20.4. The van der Waals surface area contributed by atoms with Crippen molar-refractivity contribution in [2.45, 2.75) is 63.1 Å². The molecule has 3 aliphatic rings. The van der Waals surface area contributed by atoms with Crippen molar-refractivity contribution < 1.29 is 26.4 Å². The van der Waals surface area contributed by atoms with Gasteiger partial charge in [0.1, 0.15) is 0 Å². The second kappa shape index (κ2) is 8.47. The number of hydrogen-bond acceptors (Lipinski definition) is 4. The number of rotatable bonds is 6. The van der Waals surface area contributed by atoms with E-state index in [0.29, 0.717) is 26.2 Å². The molecule has 1 aliphatic heterocycles. The van der Waals surface area contributed by atoms with Gasteiger partial charge in [-0.1, -0.05) is 25.7 Å². The van der Waals surface area contributed by atoms with Gasteiger partial charge in [-0.15, -0.1) is 0 Å². The zero-order valence-electron chi connectivity index (χ0n) is 16.1. The summed E-state index contributed by atoms with van der Waals surface area (Å²) >= 11 is 0. The van der Waals surface area contributed by atoms with Crippen molar-refractivity contribution in [3.05, 3.63) is 0 Å². The highest BCUT2D eigenvalue weighted by Crippen LogP contribution is 2.35. The Labute approximate surface area is 164 Å². The third-order valence-electron chi connectivity index (χ3n) is 6.32. The SMILES string of the molecule is O=C(NCC1(N2CCN(S(=O)(=O)CC3CC3)CC2)CCCCCC1)C(F)(F)F. The van der Waals surface area contributed by atoms with E-state index in [1.54, 1.807) is 0 Å². The van der Waals surface area contributed by atoms with Gasteiger partial charge in [0.15, 0.2) is 0 Å². The summed E-state index contributed by atoms with van der Waals surface area (Å²) in [5, 5.41) is 2.10. The molecule has 6 nitrogen and oxygen atoms in total. The first kappa shape index (κ1) is 21.8. The van der Waals surface area contributed by atoms with Crippen molar-refractivity contribution in [1.29, 1.82) is 0 Å². The van der Waals surface area contributed by atoms with Crippen LogP contribution in [0.15, 0.2) is 0 Å². The first-order valence-electron chi connectivity index (χ1n) is 10.2. The molecule has 2 saturated carbocycles. The summed E-state index contributed by atoms with van der Waals surface area (Å²) in [6.07, 6.45) is 2.38. The number of alkyl halides is 3. The van der Waals surface area contributed by atoms with Crippen molar-refractivity contribution in [3.8, 4) is 0 Å². The highest BCUT2D eigenvalue weighted by molar-refractivity contribution is 7.89. The normalized spacial score (nSPS) is 25.2. The van der Waals surface area contributed by atoms with Crippen molar-refractivity contribution >= 4 is 15.9 Å². The molecule has 10 heteroatoms. The van der Waals surface area contributed by atoms with Gasteiger partial charge in [-0.05, 0) is 31.6 Å². The van der Waals surface area contributed by atoms with Gasteiger partial charge in [0.05, 0.1) is 5.75 Å². The van der Waals surface area contributed by atoms with E-state index in [0.717, 1.165) is 51.4 Å². The summed E-state index contributed by atoms with van der Waals surface area (Å²) in [5.41, 5.74) is -0.524. The van der Waals surface area contributed by atoms with Crippen LogP contribution in [0.1, 0.15) is 51.4 Å². The van der Waals surface area contributed by atoms with Gasteiger partial charge in [-0.3, -0.25) is 9.69 Å². The quantitative estimate of drug-likeness (QED) is 0.662. The topological polar surface area (TPSA) is 69.7 Å². The number of hydrogen-bond donors (Lipinski definition) is 1. The molecule has 0 atom stereocenters. The average Bonchev–Trinajstić information content (AvgIpc) is 3.46. The molecule has 3 rings (SSSR count). The average molecular weight is 426 g/mol. The Kier molecular flexibility index (Phi) is 6.61. The fourth-order valence-electron chi connectivity index (χ4n) is 4.46. The summed E-state index contributed by atoms with van der Waals surface area (Å²) in [7, 11) is -3.26. The maximum absolute atomic E-state index is 12.6. The zero-order valence-corrected chi connectivity index (χ0v) is 17.0. The van der Waals surface area contributed by atoms with Crippen molar-refractivity contribution in [2.24, 2.45) is 5.92 Å². The van der Waals surface area contributed by atoms with Gasteiger partial charge in [-0.2, -0.15) is 17.5 Å². The lowest BCUT2D eigenvalue weighted by molar-refractivity contribution is -0.174. The van der Waals surface area contributed by atoms with Gasteiger partial charge in [0, 0.05) is 38.3 Å². The highest BCUT2D eigenvalue weighted by atomic mass is 32.2. The second-order valence-electron chi connectivity index (χ2n) is 8.43. The number of nitrogens with one attached hydrogen (secondary N) is 1. The molecule has 1 amide bonds. The molecule has 28 heavy (non-hydrogen) atoms. The number of nitrogens with zero attached hydrogens (tertiary/aromatic N) is 2. The minimum absolute atomic E-state index is 0.0415. The summed E-state index contributed by atoms with van der Waals surface area (Å²) < 4.78 is 64.5. The molecule has 1 heterocycles. The number of halogens is 3. The monoisotopic (exact) mass is 425 g/mol. The lowest BCUT2D eigenvalue weighted by Gasteiger charge is -2.47. The fourth-order valence-corrected chi connectivity index (χ4v) is 6.32. The Morgan fingerprint density at radius 1 is 1.00 bits per heavy atom. The van der Waals surface area contributed by atoms with Gasteiger partial charge in [-0.25, -0.2) is 8.42 Å². The molecule has 0 unspecified atom stereocenters. The van der Waals surface area contributed by atoms with Gasteiger partial charge in [0.2, 0.25) is 10.0 Å². The first-order chi connectivity index (χ1) is 13.1. The van der Waals surface area contributed by atoms with Crippen LogP contribution in [0, 0.1) is 5.92 Å². The summed E-state index contributed by atoms with van der Waals surface area (Å²) in [5.74, 6) is -1.41. The largest absolute Gasteiger partial charge is 0.471 e. The number of amides is 1. The lowest BCUT2D eigenvalue weighted by atomic mass is 9.87. The molecule has 0 aromatic heterocycles. The van der Waals surface area contributed by atoms with Crippen molar-refractivity contribution in [2.75, 3.05) is 38.5 Å². The predicted octanol–water partition coefficient (Wildman–Crippen LogP) is 2.12. The van der Waals surface area contributed by atoms with Crippen LogP contribution in [0.3, 0.4) is 0 Å². The van der Waals surface area contributed by atoms with Crippen molar-refractivity contribution in [1.82, 2.24) is 14.5 Å². The first-order valence-corrected chi connectivity index (χ1v) is 11.8. The Morgan fingerprint density at radius 3 is 2.07 bits per heavy atom. The molecule has 0 aromatic carbocycles. The van der Waals surface area contributed by atoms with E-state index in [9.17, 15) is 26.4 Å². The third kappa shape index (κ3) is 5.38. The Hall–Kier alpha value is -0.870. The molecule has 1 saturated heterocycles. The molecule has 1 N–H and O–H groups in total. The summed E-state index contributed by atoms with van der Waals surface area (Å²) in [4.78, 5) is 13.5. The minimum atomic E-state index is -4.89. The van der Waals surface area contributed by atoms with Crippen LogP contribution in [0.2, 0.25) is 0 Å². The fraction of sp³-hybridized carbons (Fsp3) is 0.944. The maximum Gasteiger partial charge on any atom is 0.471 e.